The van der Waals surface area contributed by atoms with Gasteiger partial charge in [-0.2, -0.15) is 0 Å². The summed E-state index contributed by atoms with van der Waals surface area (Å²) in [6.07, 6.45) is 12.4. The highest BCUT2D eigenvalue weighted by molar-refractivity contribution is 5.21. The van der Waals surface area contributed by atoms with Gasteiger partial charge in [-0.15, -0.1) is 0 Å². The van der Waals surface area contributed by atoms with Crippen LogP contribution in [0, 0.1) is 34.5 Å². The molecule has 0 bridgehead atoms. The lowest BCUT2D eigenvalue weighted by Crippen LogP contribution is -2.56. The van der Waals surface area contributed by atoms with Crippen LogP contribution in [0.3, 0.4) is 0 Å². The molecule has 4 aliphatic carbocycles. The van der Waals surface area contributed by atoms with Crippen LogP contribution in [0.15, 0.2) is 10.6 Å². The summed E-state index contributed by atoms with van der Waals surface area (Å²) in [5, 5.41) is 25.3. The van der Waals surface area contributed by atoms with Gasteiger partial charge < -0.3 is 14.7 Å². The summed E-state index contributed by atoms with van der Waals surface area (Å²) in [5.74, 6) is 4.39. The van der Waals surface area contributed by atoms with Crippen molar-refractivity contribution in [1.82, 2.24) is 5.16 Å². The Kier molecular flexibility index (Phi) is 5.13. The summed E-state index contributed by atoms with van der Waals surface area (Å²) >= 11 is 0. The molecule has 0 aliphatic heterocycles. The molecular weight excluding hydrogens is 374 g/mol. The predicted molar refractivity (Wildman–Crippen MR) is 117 cm³/mol. The number of hydrogen-bond donors (Lipinski definition) is 2. The Hall–Kier alpha value is -0.870. The number of aliphatic hydroxyl groups excluding tert-OH is 1. The average molecular weight is 416 g/mol. The van der Waals surface area contributed by atoms with E-state index in [1.807, 2.05) is 6.92 Å². The van der Waals surface area contributed by atoms with E-state index in [1.54, 1.807) is 0 Å². The minimum Gasteiger partial charge on any atom is -0.396 e. The van der Waals surface area contributed by atoms with Gasteiger partial charge in [0.2, 0.25) is 0 Å². The molecule has 4 saturated carbocycles. The first kappa shape index (κ1) is 21.0. The lowest BCUT2D eigenvalue weighted by molar-refractivity contribution is -0.158. The summed E-state index contributed by atoms with van der Waals surface area (Å²) < 4.78 is 5.59. The summed E-state index contributed by atoms with van der Waals surface area (Å²) in [6, 6.07) is 2.22. The zero-order valence-corrected chi connectivity index (χ0v) is 19.2. The Morgan fingerprint density at radius 3 is 2.63 bits per heavy atom. The normalized spacial score (nSPS) is 48.1. The second-order valence-corrected chi connectivity index (χ2v) is 11.8. The Bertz CT molecular complexity index is 772. The predicted octanol–water partition coefficient (Wildman–Crippen LogP) is 5.48. The zero-order chi connectivity index (χ0) is 21.1. The number of aliphatic hydroxyl groups is 2. The third-order valence-electron chi connectivity index (χ3n) is 10.5. The molecule has 1 heterocycles. The number of aromatic nitrogens is 1. The van der Waals surface area contributed by atoms with Crippen molar-refractivity contribution < 1.29 is 14.7 Å². The van der Waals surface area contributed by atoms with Gasteiger partial charge >= 0.3 is 0 Å². The van der Waals surface area contributed by atoms with Gasteiger partial charge in [-0.1, -0.05) is 19.0 Å². The van der Waals surface area contributed by atoms with Crippen molar-refractivity contribution in [3.8, 4) is 0 Å². The van der Waals surface area contributed by atoms with Gasteiger partial charge in [-0.3, -0.25) is 0 Å². The number of nitrogens with zero attached hydrogens (tertiary/aromatic N) is 1. The SMILES string of the molecule is CCc1cc([C@H]2CC[C@H]3C4CC[C@H]5C[C@](C)(O)CC[C@]5(CCO)[C@H]4CC[C@]23C)no1. The standard InChI is InChI=1S/C26H41NO3/c1-4-18-15-23(27-30-18)22-8-7-20-19-6-5-17-16-24(2,29)11-12-26(17,13-14-28)21(19)9-10-25(20,22)3/h15,17,19-22,28-29H,4-14,16H2,1-3H3/t17-,19?,20-,21-,22+,24+,25-,26+/m0/s1. The van der Waals surface area contributed by atoms with Crippen LogP contribution in [0.25, 0.3) is 0 Å². The van der Waals surface area contributed by atoms with Gasteiger partial charge in [0.15, 0.2) is 0 Å². The number of rotatable bonds is 4. The van der Waals surface area contributed by atoms with Crippen molar-refractivity contribution in [2.75, 3.05) is 6.61 Å². The number of aryl methyl sites for hydroxylation is 1. The number of hydrogen-bond acceptors (Lipinski definition) is 4. The summed E-state index contributed by atoms with van der Waals surface area (Å²) in [4.78, 5) is 0. The second-order valence-electron chi connectivity index (χ2n) is 11.8. The van der Waals surface area contributed by atoms with Crippen molar-refractivity contribution in [3.63, 3.8) is 0 Å². The Labute approximate surface area is 181 Å². The molecular formula is C26H41NO3. The van der Waals surface area contributed by atoms with E-state index >= 15 is 0 Å². The van der Waals surface area contributed by atoms with Crippen molar-refractivity contribution in [3.05, 3.63) is 17.5 Å². The summed E-state index contributed by atoms with van der Waals surface area (Å²) in [6.45, 7) is 7.01. The van der Waals surface area contributed by atoms with E-state index in [2.05, 4.69) is 25.1 Å². The largest absolute Gasteiger partial charge is 0.396 e. The molecule has 0 spiro atoms. The molecule has 0 radical (unpaired) electrons. The summed E-state index contributed by atoms with van der Waals surface area (Å²) in [7, 11) is 0. The quantitative estimate of drug-likeness (QED) is 0.684. The van der Waals surface area contributed by atoms with Crippen LogP contribution >= 0.6 is 0 Å². The first-order chi connectivity index (χ1) is 14.3. The Balaban J connectivity index is 1.43. The van der Waals surface area contributed by atoms with Crippen LogP contribution in [0.2, 0.25) is 0 Å². The molecule has 4 fully saturated rings. The number of fused-ring (bicyclic) bond motifs is 5. The molecule has 1 aromatic rings. The Morgan fingerprint density at radius 1 is 1.07 bits per heavy atom. The van der Waals surface area contributed by atoms with E-state index in [9.17, 15) is 10.2 Å². The zero-order valence-electron chi connectivity index (χ0n) is 19.2. The van der Waals surface area contributed by atoms with Crippen LogP contribution in [-0.2, 0) is 6.42 Å². The van der Waals surface area contributed by atoms with E-state index in [4.69, 9.17) is 4.52 Å². The van der Waals surface area contributed by atoms with Gasteiger partial charge in [0.25, 0.3) is 0 Å². The fourth-order valence-electron chi connectivity index (χ4n) is 9.09. The highest BCUT2D eigenvalue weighted by atomic mass is 16.5. The van der Waals surface area contributed by atoms with E-state index in [1.165, 1.54) is 44.2 Å². The van der Waals surface area contributed by atoms with E-state index in [0.29, 0.717) is 23.9 Å². The molecule has 0 aromatic carbocycles. The van der Waals surface area contributed by atoms with Crippen LogP contribution < -0.4 is 0 Å². The lowest BCUT2D eigenvalue weighted by atomic mass is 9.42. The van der Waals surface area contributed by atoms with Gasteiger partial charge in [0.05, 0.1) is 11.3 Å². The molecule has 30 heavy (non-hydrogen) atoms. The third-order valence-corrected chi connectivity index (χ3v) is 10.5. The van der Waals surface area contributed by atoms with Gasteiger partial charge in [0.1, 0.15) is 5.76 Å². The van der Waals surface area contributed by atoms with Crippen LogP contribution in [0.1, 0.15) is 102 Å². The molecule has 0 saturated heterocycles. The van der Waals surface area contributed by atoms with Crippen molar-refractivity contribution in [2.24, 2.45) is 34.5 Å². The van der Waals surface area contributed by atoms with E-state index in [0.717, 1.165) is 55.6 Å². The molecule has 1 aromatic heterocycles. The van der Waals surface area contributed by atoms with Gasteiger partial charge in [-0.05, 0) is 106 Å². The molecule has 168 valence electrons. The second kappa shape index (κ2) is 7.33. The maximum Gasteiger partial charge on any atom is 0.136 e. The maximum atomic E-state index is 10.8. The van der Waals surface area contributed by atoms with Crippen molar-refractivity contribution in [1.29, 1.82) is 0 Å². The molecule has 4 nitrogen and oxygen atoms in total. The first-order valence-electron chi connectivity index (χ1n) is 12.6. The van der Waals surface area contributed by atoms with Crippen LogP contribution in [-0.4, -0.2) is 27.6 Å². The minimum atomic E-state index is -0.512. The van der Waals surface area contributed by atoms with Crippen LogP contribution in [0.4, 0.5) is 0 Å². The third kappa shape index (κ3) is 3.03. The fraction of sp³-hybridized carbons (Fsp3) is 0.885. The van der Waals surface area contributed by atoms with Gasteiger partial charge in [0, 0.05) is 25.0 Å². The monoisotopic (exact) mass is 415 g/mol. The van der Waals surface area contributed by atoms with Gasteiger partial charge in [-0.25, -0.2) is 0 Å². The molecule has 8 atom stereocenters. The molecule has 2 N–H and O–H groups in total. The molecule has 4 aliphatic rings. The highest BCUT2D eigenvalue weighted by Gasteiger charge is 2.62. The van der Waals surface area contributed by atoms with Crippen molar-refractivity contribution in [2.45, 2.75) is 103 Å². The summed E-state index contributed by atoms with van der Waals surface area (Å²) in [5.41, 5.74) is 1.27. The molecule has 1 unspecified atom stereocenters. The van der Waals surface area contributed by atoms with Crippen molar-refractivity contribution >= 4 is 0 Å². The molecule has 5 rings (SSSR count). The molecule has 0 amide bonds. The molecule has 4 heteroatoms. The highest BCUT2D eigenvalue weighted by Crippen LogP contribution is 2.70. The first-order valence-corrected chi connectivity index (χ1v) is 12.6. The van der Waals surface area contributed by atoms with Crippen LogP contribution in [0.5, 0.6) is 0 Å². The average Bonchev–Trinajstić information content (AvgIpc) is 3.31. The fourth-order valence-corrected chi connectivity index (χ4v) is 9.09. The topological polar surface area (TPSA) is 66.5 Å². The minimum absolute atomic E-state index is 0.253. The van der Waals surface area contributed by atoms with E-state index < -0.39 is 5.60 Å². The smallest absolute Gasteiger partial charge is 0.136 e. The Morgan fingerprint density at radius 2 is 1.90 bits per heavy atom. The van der Waals surface area contributed by atoms with E-state index in [-0.39, 0.29) is 5.41 Å². The lowest BCUT2D eigenvalue weighted by Gasteiger charge is -2.63. The maximum absolute atomic E-state index is 10.8.